The molecule has 21 heavy (non-hydrogen) atoms. The molecule has 5 heteroatoms. The molecule has 3 N–H and O–H groups in total. The fourth-order valence-corrected chi connectivity index (χ4v) is 1.98. The number of nitrogens with two attached hydrogens (primary N) is 1. The number of hydrogen-bond donors (Lipinski definition) is 2. The van der Waals surface area contributed by atoms with Crippen LogP contribution in [0.15, 0.2) is 18.2 Å². The Bertz CT molecular complexity index is 502. The summed E-state index contributed by atoms with van der Waals surface area (Å²) in [6.07, 6.45) is 1.15. The van der Waals surface area contributed by atoms with Crippen LogP contribution in [-0.2, 0) is 11.2 Å². The Hall–Kier alpha value is -1.26. The summed E-state index contributed by atoms with van der Waals surface area (Å²) in [5.74, 6) is 0. The van der Waals surface area contributed by atoms with E-state index in [1.165, 1.54) is 0 Å². The van der Waals surface area contributed by atoms with Gasteiger partial charge in [0.1, 0.15) is 5.60 Å². The molecular formula is C16H25ClN2O2. The van der Waals surface area contributed by atoms with Crippen molar-refractivity contribution >= 4 is 23.4 Å². The van der Waals surface area contributed by atoms with Gasteiger partial charge in [-0.3, -0.25) is 5.32 Å². The van der Waals surface area contributed by atoms with Gasteiger partial charge in [-0.15, -0.1) is 0 Å². The average molecular weight is 313 g/mol. The summed E-state index contributed by atoms with van der Waals surface area (Å²) in [5.41, 5.74) is 6.85. The van der Waals surface area contributed by atoms with Crippen LogP contribution in [0.4, 0.5) is 10.5 Å². The first-order valence-electron chi connectivity index (χ1n) is 7.04. The van der Waals surface area contributed by atoms with E-state index in [0.29, 0.717) is 10.7 Å². The minimum Gasteiger partial charge on any atom is -0.444 e. The summed E-state index contributed by atoms with van der Waals surface area (Å²) in [4.78, 5) is 11.7. The molecule has 0 radical (unpaired) electrons. The fraction of sp³-hybridized carbons (Fsp3) is 0.562. The van der Waals surface area contributed by atoms with Crippen LogP contribution in [0.1, 0.15) is 46.6 Å². The minimum atomic E-state index is -0.527. The Morgan fingerprint density at radius 1 is 1.29 bits per heavy atom. The molecule has 1 rings (SSSR count). The Kier molecular flexibility index (Phi) is 5.65. The Morgan fingerprint density at radius 3 is 2.38 bits per heavy atom. The van der Waals surface area contributed by atoms with Crippen molar-refractivity contribution in [2.45, 2.75) is 58.6 Å². The third kappa shape index (κ3) is 7.34. The van der Waals surface area contributed by atoms with Gasteiger partial charge in [0, 0.05) is 16.2 Å². The number of rotatable bonds is 4. The molecule has 0 aromatic heterocycles. The lowest BCUT2D eigenvalue weighted by molar-refractivity contribution is 0.0636. The second-order valence-electron chi connectivity index (χ2n) is 6.92. The average Bonchev–Trinajstić information content (AvgIpc) is 2.23. The number of hydrogen-bond acceptors (Lipinski definition) is 3. The van der Waals surface area contributed by atoms with Crippen LogP contribution in [-0.4, -0.2) is 17.2 Å². The van der Waals surface area contributed by atoms with Crippen molar-refractivity contribution in [1.82, 2.24) is 0 Å². The molecule has 0 saturated heterocycles. The number of halogens is 1. The number of ether oxygens (including phenoxy) is 1. The van der Waals surface area contributed by atoms with E-state index in [4.69, 9.17) is 22.1 Å². The van der Waals surface area contributed by atoms with Gasteiger partial charge >= 0.3 is 6.09 Å². The van der Waals surface area contributed by atoms with Gasteiger partial charge in [-0.05, 0) is 65.2 Å². The zero-order valence-electron chi connectivity index (χ0n) is 13.4. The van der Waals surface area contributed by atoms with E-state index in [-0.39, 0.29) is 5.54 Å². The monoisotopic (exact) mass is 312 g/mol. The number of nitrogens with one attached hydrogen (secondary N) is 1. The summed E-state index contributed by atoms with van der Waals surface area (Å²) in [5, 5.41) is 3.29. The normalized spacial score (nSPS) is 12.1. The molecule has 0 aliphatic heterocycles. The van der Waals surface area contributed by atoms with Gasteiger partial charge in [-0.25, -0.2) is 4.79 Å². The van der Waals surface area contributed by atoms with Crippen LogP contribution >= 0.6 is 11.6 Å². The van der Waals surface area contributed by atoms with Gasteiger partial charge in [0.05, 0.1) is 0 Å². The predicted molar refractivity (Wildman–Crippen MR) is 87.9 cm³/mol. The summed E-state index contributed by atoms with van der Waals surface area (Å²) in [7, 11) is 0. The summed E-state index contributed by atoms with van der Waals surface area (Å²) in [6.45, 7) is 9.42. The molecule has 0 bridgehead atoms. The van der Waals surface area contributed by atoms with Crippen molar-refractivity contribution in [1.29, 1.82) is 0 Å². The first-order chi connectivity index (χ1) is 9.46. The fourth-order valence-electron chi connectivity index (χ4n) is 1.71. The van der Waals surface area contributed by atoms with E-state index in [0.717, 1.165) is 18.4 Å². The van der Waals surface area contributed by atoms with Crippen molar-refractivity contribution in [2.75, 3.05) is 5.32 Å². The van der Waals surface area contributed by atoms with Crippen molar-refractivity contribution < 1.29 is 9.53 Å². The topological polar surface area (TPSA) is 64.3 Å². The molecule has 1 amide bonds. The first-order valence-corrected chi connectivity index (χ1v) is 7.41. The Balaban J connectivity index is 2.68. The molecule has 0 spiro atoms. The third-order valence-electron chi connectivity index (χ3n) is 2.74. The number of aryl methyl sites for hydroxylation is 1. The van der Waals surface area contributed by atoms with Crippen molar-refractivity contribution in [3.8, 4) is 0 Å². The van der Waals surface area contributed by atoms with E-state index < -0.39 is 11.7 Å². The molecule has 0 heterocycles. The van der Waals surface area contributed by atoms with Gasteiger partial charge in [-0.1, -0.05) is 17.7 Å². The lowest BCUT2D eigenvalue weighted by Crippen LogP contribution is -2.32. The van der Waals surface area contributed by atoms with Crippen molar-refractivity contribution in [3.63, 3.8) is 0 Å². The van der Waals surface area contributed by atoms with Crippen molar-refractivity contribution in [2.24, 2.45) is 5.73 Å². The van der Waals surface area contributed by atoms with Crippen LogP contribution in [0.2, 0.25) is 5.02 Å². The van der Waals surface area contributed by atoms with Gasteiger partial charge in [0.25, 0.3) is 0 Å². The number of anilines is 1. The highest BCUT2D eigenvalue weighted by Gasteiger charge is 2.17. The maximum Gasteiger partial charge on any atom is 0.412 e. The third-order valence-corrected chi connectivity index (χ3v) is 3.09. The highest BCUT2D eigenvalue weighted by molar-refractivity contribution is 6.31. The smallest absolute Gasteiger partial charge is 0.412 e. The van der Waals surface area contributed by atoms with E-state index >= 15 is 0 Å². The minimum absolute atomic E-state index is 0.225. The standard InChI is InChI=1S/C16H25ClN2O2/c1-15(2,3)21-14(20)19-12-7-6-11(13(17)10-12)8-9-16(4,5)18/h6-7,10H,8-9,18H2,1-5H3,(H,19,20). The zero-order valence-corrected chi connectivity index (χ0v) is 14.2. The maximum absolute atomic E-state index is 11.7. The number of benzene rings is 1. The van der Waals surface area contributed by atoms with E-state index in [2.05, 4.69) is 5.32 Å². The summed E-state index contributed by atoms with van der Waals surface area (Å²) >= 11 is 6.24. The quantitative estimate of drug-likeness (QED) is 0.868. The summed E-state index contributed by atoms with van der Waals surface area (Å²) < 4.78 is 5.19. The highest BCUT2D eigenvalue weighted by Crippen LogP contribution is 2.24. The maximum atomic E-state index is 11.7. The largest absolute Gasteiger partial charge is 0.444 e. The number of carbonyl (C=O) groups is 1. The van der Waals surface area contributed by atoms with Gasteiger partial charge < -0.3 is 10.5 Å². The van der Waals surface area contributed by atoms with Crippen LogP contribution < -0.4 is 11.1 Å². The Morgan fingerprint density at radius 2 is 1.90 bits per heavy atom. The first kappa shape index (κ1) is 17.8. The molecule has 118 valence electrons. The second-order valence-corrected chi connectivity index (χ2v) is 7.33. The molecule has 0 atom stereocenters. The van der Waals surface area contributed by atoms with Crippen LogP contribution in [0, 0.1) is 0 Å². The van der Waals surface area contributed by atoms with Gasteiger partial charge in [0.15, 0.2) is 0 Å². The van der Waals surface area contributed by atoms with E-state index in [1.54, 1.807) is 6.07 Å². The molecule has 1 aromatic rings. The summed E-state index contributed by atoms with van der Waals surface area (Å²) in [6, 6.07) is 5.44. The lowest BCUT2D eigenvalue weighted by atomic mass is 9.96. The predicted octanol–water partition coefficient (Wildman–Crippen LogP) is 4.36. The molecule has 4 nitrogen and oxygen atoms in total. The second kappa shape index (κ2) is 6.67. The zero-order chi connectivity index (χ0) is 16.3. The van der Waals surface area contributed by atoms with Crippen LogP contribution in [0.25, 0.3) is 0 Å². The van der Waals surface area contributed by atoms with E-state index in [1.807, 2.05) is 46.8 Å². The van der Waals surface area contributed by atoms with E-state index in [9.17, 15) is 4.79 Å². The molecule has 0 aliphatic rings. The molecule has 0 aliphatic carbocycles. The van der Waals surface area contributed by atoms with Crippen LogP contribution in [0.3, 0.4) is 0 Å². The van der Waals surface area contributed by atoms with Crippen LogP contribution in [0.5, 0.6) is 0 Å². The number of carbonyl (C=O) groups excluding carboxylic acids is 1. The molecule has 0 fully saturated rings. The van der Waals surface area contributed by atoms with Gasteiger partial charge in [0.2, 0.25) is 0 Å². The SMILES string of the molecule is CC(C)(N)CCc1ccc(NC(=O)OC(C)(C)C)cc1Cl. The molecule has 0 unspecified atom stereocenters. The molecule has 0 saturated carbocycles. The molecular weight excluding hydrogens is 288 g/mol. The van der Waals surface area contributed by atoms with Crippen molar-refractivity contribution in [3.05, 3.63) is 28.8 Å². The van der Waals surface area contributed by atoms with Gasteiger partial charge in [-0.2, -0.15) is 0 Å². The number of amides is 1. The molecule has 1 aromatic carbocycles. The Labute approximate surface area is 132 Å². The highest BCUT2D eigenvalue weighted by atomic mass is 35.5. The lowest BCUT2D eigenvalue weighted by Gasteiger charge is -2.20.